The van der Waals surface area contributed by atoms with E-state index in [-0.39, 0.29) is 17.2 Å². The largest absolute Gasteiger partial charge is 0.349 e. The fourth-order valence-electron chi connectivity index (χ4n) is 3.97. The third-order valence-electron chi connectivity index (χ3n) is 5.48. The molecular weight excluding hydrogens is 394 g/mol. The molecule has 7 heteroatoms. The second-order valence-electron chi connectivity index (χ2n) is 8.15. The van der Waals surface area contributed by atoms with Crippen LogP contribution in [0.15, 0.2) is 24.3 Å². The van der Waals surface area contributed by atoms with E-state index in [0.29, 0.717) is 28.8 Å². The van der Waals surface area contributed by atoms with Crippen LogP contribution in [-0.2, 0) is 4.79 Å². The molecule has 0 spiro atoms. The van der Waals surface area contributed by atoms with Gasteiger partial charge in [-0.1, -0.05) is 25.4 Å². The molecule has 2 amide bonds. The van der Waals surface area contributed by atoms with Gasteiger partial charge in [-0.2, -0.15) is 0 Å². The van der Waals surface area contributed by atoms with Crippen LogP contribution in [0.4, 0.5) is 0 Å². The van der Waals surface area contributed by atoms with Crippen molar-refractivity contribution in [2.45, 2.75) is 44.5 Å². The number of rotatable bonds is 7. The molecule has 2 aliphatic rings. The molecule has 1 aromatic rings. The van der Waals surface area contributed by atoms with Gasteiger partial charge in [-0.3, -0.25) is 9.59 Å². The predicted molar refractivity (Wildman–Crippen MR) is 115 cm³/mol. The quantitative estimate of drug-likeness (QED) is 0.704. The van der Waals surface area contributed by atoms with Gasteiger partial charge >= 0.3 is 0 Å². The molecule has 0 aliphatic carbocycles. The molecule has 0 bridgehead atoms. The number of halogens is 1. The molecule has 28 heavy (non-hydrogen) atoms. The number of carbonyl (C=O) groups excluding carboxylic acids is 2. The van der Waals surface area contributed by atoms with Crippen molar-refractivity contribution >= 4 is 35.2 Å². The lowest BCUT2D eigenvalue weighted by molar-refractivity contribution is -0.886. The third kappa shape index (κ3) is 5.43. The average Bonchev–Trinajstić information content (AvgIpc) is 3.31. The maximum absolute atomic E-state index is 13.2. The minimum atomic E-state index is -0.412. The van der Waals surface area contributed by atoms with Gasteiger partial charge in [0.05, 0.1) is 31.6 Å². The van der Waals surface area contributed by atoms with Crippen LogP contribution in [0.1, 0.15) is 43.5 Å². The van der Waals surface area contributed by atoms with E-state index in [0.717, 1.165) is 13.0 Å². The van der Waals surface area contributed by atoms with Crippen molar-refractivity contribution in [3.05, 3.63) is 34.9 Å². The number of nitrogens with one attached hydrogen (secondary N) is 2. The summed E-state index contributed by atoms with van der Waals surface area (Å²) in [6.07, 6.45) is 3.44. The Morgan fingerprint density at radius 2 is 1.93 bits per heavy atom. The molecule has 0 saturated carbocycles. The van der Waals surface area contributed by atoms with E-state index >= 15 is 0 Å². The summed E-state index contributed by atoms with van der Waals surface area (Å²) >= 11 is 7.68. The van der Waals surface area contributed by atoms with Crippen LogP contribution in [0.3, 0.4) is 0 Å². The van der Waals surface area contributed by atoms with Gasteiger partial charge in [0.2, 0.25) is 5.91 Å². The summed E-state index contributed by atoms with van der Waals surface area (Å²) in [5, 5.41) is 3.72. The van der Waals surface area contributed by atoms with Gasteiger partial charge < -0.3 is 15.1 Å². The Morgan fingerprint density at radius 3 is 2.57 bits per heavy atom. The molecule has 0 unspecified atom stereocenters. The number of nitrogens with zero attached hydrogens (tertiary/aromatic N) is 1. The summed E-state index contributed by atoms with van der Waals surface area (Å²) in [5.41, 5.74) is 0.583. The molecule has 2 aliphatic heterocycles. The zero-order chi connectivity index (χ0) is 20.1. The summed E-state index contributed by atoms with van der Waals surface area (Å²) in [6, 6.07) is 6.52. The first kappa shape index (κ1) is 21.5. The lowest BCUT2D eigenvalue weighted by Gasteiger charge is -2.30. The van der Waals surface area contributed by atoms with Gasteiger partial charge in [0.25, 0.3) is 5.91 Å². The number of thioether (sulfide) groups is 1. The summed E-state index contributed by atoms with van der Waals surface area (Å²) in [7, 11) is 0. The van der Waals surface area contributed by atoms with E-state index in [1.165, 1.54) is 25.9 Å². The Bertz CT molecular complexity index is 677. The molecule has 2 atom stereocenters. The van der Waals surface area contributed by atoms with Crippen molar-refractivity contribution in [1.29, 1.82) is 0 Å². The van der Waals surface area contributed by atoms with E-state index in [1.807, 2.05) is 0 Å². The highest BCUT2D eigenvalue weighted by Gasteiger charge is 2.41. The molecule has 2 N–H and O–H groups in total. The van der Waals surface area contributed by atoms with Gasteiger partial charge in [0, 0.05) is 29.2 Å². The second kappa shape index (κ2) is 9.99. The number of hydrogen-bond donors (Lipinski definition) is 2. The number of hydrogen-bond acceptors (Lipinski definition) is 3. The predicted octanol–water partition coefficient (Wildman–Crippen LogP) is 2.06. The summed E-state index contributed by atoms with van der Waals surface area (Å²) in [4.78, 5) is 29.5. The van der Waals surface area contributed by atoms with Crippen molar-refractivity contribution in [2.24, 2.45) is 5.92 Å². The van der Waals surface area contributed by atoms with Crippen molar-refractivity contribution in [3.8, 4) is 0 Å². The van der Waals surface area contributed by atoms with Crippen LogP contribution >= 0.6 is 23.4 Å². The van der Waals surface area contributed by atoms with Crippen molar-refractivity contribution in [2.75, 3.05) is 31.9 Å². The molecule has 1 aromatic carbocycles. The van der Waals surface area contributed by atoms with Gasteiger partial charge in [0.15, 0.2) is 0 Å². The summed E-state index contributed by atoms with van der Waals surface area (Å²) in [6.45, 7) is 8.34. The zero-order valence-corrected chi connectivity index (χ0v) is 18.3. The summed E-state index contributed by atoms with van der Waals surface area (Å²) in [5.74, 6) is 0.995. The van der Waals surface area contributed by atoms with Crippen molar-refractivity contribution in [1.82, 2.24) is 10.2 Å². The third-order valence-corrected chi connectivity index (χ3v) is 7.05. The highest BCUT2D eigenvalue weighted by atomic mass is 35.5. The fraction of sp³-hybridized carbons (Fsp3) is 0.619. The van der Waals surface area contributed by atoms with Crippen LogP contribution in [0.5, 0.6) is 0 Å². The van der Waals surface area contributed by atoms with Crippen LogP contribution in [-0.4, -0.2) is 60.1 Å². The molecule has 2 heterocycles. The number of amides is 2. The average molecular weight is 425 g/mol. The van der Waals surface area contributed by atoms with E-state index < -0.39 is 6.04 Å². The van der Waals surface area contributed by atoms with Gasteiger partial charge in [-0.25, -0.2) is 0 Å². The van der Waals surface area contributed by atoms with E-state index in [4.69, 9.17) is 11.6 Å². The standard InChI is InChI=1S/C21H30ClN3O2S/c1-15(2)13-19-25(21(27)16-5-7-17(22)8-6-16)18(14-28-19)20(26)23-9-12-24-10-3-4-11-24/h5-8,15,18-19H,3-4,9-14H2,1-2H3,(H,23,26)/p+1/t18-,19-/m1/s1. The van der Waals surface area contributed by atoms with Crippen LogP contribution < -0.4 is 10.2 Å². The maximum atomic E-state index is 13.2. The number of likely N-dealkylation sites (tertiary alicyclic amines) is 1. The van der Waals surface area contributed by atoms with Crippen LogP contribution in [0.2, 0.25) is 5.02 Å². The minimum Gasteiger partial charge on any atom is -0.349 e. The first-order valence-electron chi connectivity index (χ1n) is 10.3. The molecule has 2 saturated heterocycles. The topological polar surface area (TPSA) is 53.9 Å². The second-order valence-corrected chi connectivity index (χ2v) is 9.80. The van der Waals surface area contributed by atoms with Crippen molar-refractivity contribution < 1.29 is 14.5 Å². The molecule has 3 rings (SSSR count). The van der Waals surface area contributed by atoms with Crippen LogP contribution in [0, 0.1) is 5.92 Å². The minimum absolute atomic E-state index is 0.0281. The Kier molecular flexibility index (Phi) is 7.66. The molecule has 0 radical (unpaired) electrons. The number of carbonyl (C=O) groups is 2. The molecule has 154 valence electrons. The SMILES string of the molecule is CC(C)C[C@H]1SC[C@H](C(=O)NCC[NH+]2CCCC2)N1C(=O)c1ccc(Cl)cc1. The Balaban J connectivity index is 1.67. The highest BCUT2D eigenvalue weighted by Crippen LogP contribution is 2.34. The first-order chi connectivity index (χ1) is 13.5. The molecule has 0 aromatic heterocycles. The Hall–Kier alpha value is -1.24. The van der Waals surface area contributed by atoms with Gasteiger partial charge in [-0.15, -0.1) is 11.8 Å². The number of benzene rings is 1. The van der Waals surface area contributed by atoms with Crippen molar-refractivity contribution in [3.63, 3.8) is 0 Å². The van der Waals surface area contributed by atoms with Gasteiger partial charge in [0.1, 0.15) is 6.04 Å². The number of quaternary nitrogens is 1. The molecule has 5 nitrogen and oxygen atoms in total. The Morgan fingerprint density at radius 1 is 1.25 bits per heavy atom. The van der Waals surface area contributed by atoms with Crippen LogP contribution in [0.25, 0.3) is 0 Å². The summed E-state index contributed by atoms with van der Waals surface area (Å²) < 4.78 is 0. The maximum Gasteiger partial charge on any atom is 0.255 e. The lowest BCUT2D eigenvalue weighted by Crippen LogP contribution is -3.10. The lowest BCUT2D eigenvalue weighted by atomic mass is 10.1. The molecule has 2 fully saturated rings. The zero-order valence-electron chi connectivity index (χ0n) is 16.7. The smallest absolute Gasteiger partial charge is 0.255 e. The van der Waals surface area contributed by atoms with E-state index in [1.54, 1.807) is 45.8 Å². The first-order valence-corrected chi connectivity index (χ1v) is 11.7. The normalized spacial score (nSPS) is 22.8. The Labute approximate surface area is 177 Å². The van der Waals surface area contributed by atoms with Gasteiger partial charge in [-0.05, 0) is 36.6 Å². The monoisotopic (exact) mass is 424 g/mol. The van der Waals surface area contributed by atoms with E-state index in [9.17, 15) is 9.59 Å². The molecular formula is C21H31ClN3O2S+. The van der Waals surface area contributed by atoms with E-state index in [2.05, 4.69) is 19.2 Å². The highest BCUT2D eigenvalue weighted by molar-refractivity contribution is 8.00. The fourth-order valence-corrected chi connectivity index (χ4v) is 5.74.